The summed E-state index contributed by atoms with van der Waals surface area (Å²) >= 11 is 6.58. The highest BCUT2D eigenvalue weighted by atomic mass is 35.5. The molecule has 3 heteroatoms. The second-order valence-electron chi connectivity index (χ2n) is 6.35. The van der Waals surface area contributed by atoms with Crippen LogP contribution in [0.4, 0.5) is 0 Å². The van der Waals surface area contributed by atoms with Crippen molar-refractivity contribution < 1.29 is 9.47 Å². The van der Waals surface area contributed by atoms with Crippen molar-refractivity contribution in [2.24, 2.45) is 0 Å². The van der Waals surface area contributed by atoms with Gasteiger partial charge in [-0.25, -0.2) is 0 Å². The molecule has 0 aliphatic carbocycles. The maximum Gasteiger partial charge on any atom is 0.169 e. The van der Waals surface area contributed by atoms with Crippen LogP contribution >= 0.6 is 11.6 Å². The van der Waals surface area contributed by atoms with Crippen LogP contribution in [0.25, 0.3) is 32.7 Å². The molecule has 0 saturated heterocycles. The molecule has 0 aliphatic heterocycles. The number of hydrogen-bond acceptors (Lipinski definition) is 2. The van der Waals surface area contributed by atoms with Gasteiger partial charge < -0.3 is 9.47 Å². The smallest absolute Gasteiger partial charge is 0.169 e. The summed E-state index contributed by atoms with van der Waals surface area (Å²) < 4.78 is 12.0. The van der Waals surface area contributed by atoms with Gasteiger partial charge in [0.25, 0.3) is 0 Å². The van der Waals surface area contributed by atoms with Crippen molar-refractivity contribution in [3.8, 4) is 22.6 Å². The lowest BCUT2D eigenvalue weighted by Gasteiger charge is -2.19. The van der Waals surface area contributed by atoms with E-state index in [9.17, 15) is 0 Å². The molecule has 136 valence electrons. The summed E-state index contributed by atoms with van der Waals surface area (Å²) in [6.45, 7) is 5.09. The SMILES string of the molecule is CCOc1cc2cc3ccccc3cc2c(-c2ccccc2Cl)c1OCC. The predicted octanol–water partition coefficient (Wildman–Crippen LogP) is 7.11. The van der Waals surface area contributed by atoms with Crippen LogP contribution in [0.15, 0.2) is 66.7 Å². The van der Waals surface area contributed by atoms with Crippen LogP contribution in [0, 0.1) is 0 Å². The molecule has 0 atom stereocenters. The maximum absolute atomic E-state index is 6.58. The lowest BCUT2D eigenvalue weighted by molar-refractivity contribution is 0.289. The molecule has 0 heterocycles. The Morgan fingerprint density at radius 3 is 2.11 bits per heavy atom. The van der Waals surface area contributed by atoms with E-state index >= 15 is 0 Å². The fraction of sp³-hybridized carbons (Fsp3) is 0.167. The van der Waals surface area contributed by atoms with Crippen LogP contribution in [-0.4, -0.2) is 13.2 Å². The van der Waals surface area contributed by atoms with E-state index in [4.69, 9.17) is 21.1 Å². The number of benzene rings is 4. The lowest BCUT2D eigenvalue weighted by Crippen LogP contribution is -2.01. The van der Waals surface area contributed by atoms with Crippen molar-refractivity contribution in [2.45, 2.75) is 13.8 Å². The van der Waals surface area contributed by atoms with Gasteiger partial charge in [-0.2, -0.15) is 0 Å². The first-order valence-corrected chi connectivity index (χ1v) is 9.60. The molecule has 0 aliphatic rings. The highest BCUT2D eigenvalue weighted by Crippen LogP contribution is 2.47. The molecular formula is C24H21ClO2. The molecule has 0 aromatic heterocycles. The molecule has 4 aromatic carbocycles. The van der Waals surface area contributed by atoms with E-state index in [0.717, 1.165) is 33.4 Å². The first kappa shape index (κ1) is 17.7. The fourth-order valence-electron chi connectivity index (χ4n) is 3.53. The number of hydrogen-bond donors (Lipinski definition) is 0. The van der Waals surface area contributed by atoms with Gasteiger partial charge in [-0.1, -0.05) is 54.1 Å². The highest BCUT2D eigenvalue weighted by Gasteiger charge is 2.19. The van der Waals surface area contributed by atoms with E-state index in [0.29, 0.717) is 18.2 Å². The predicted molar refractivity (Wildman–Crippen MR) is 114 cm³/mol. The van der Waals surface area contributed by atoms with E-state index in [-0.39, 0.29) is 0 Å². The van der Waals surface area contributed by atoms with Gasteiger partial charge in [0.15, 0.2) is 11.5 Å². The first-order chi connectivity index (χ1) is 13.2. The largest absolute Gasteiger partial charge is 0.490 e. The van der Waals surface area contributed by atoms with Crippen molar-refractivity contribution in [2.75, 3.05) is 13.2 Å². The number of rotatable bonds is 5. The van der Waals surface area contributed by atoms with E-state index in [1.165, 1.54) is 10.8 Å². The molecule has 4 aromatic rings. The Hall–Kier alpha value is -2.71. The second kappa shape index (κ2) is 7.50. The maximum atomic E-state index is 6.58. The number of halogens is 1. The molecule has 2 nitrogen and oxygen atoms in total. The van der Waals surface area contributed by atoms with Crippen molar-refractivity contribution in [1.29, 1.82) is 0 Å². The van der Waals surface area contributed by atoms with Crippen molar-refractivity contribution in [3.05, 3.63) is 71.8 Å². The van der Waals surface area contributed by atoms with Gasteiger partial charge in [0.05, 0.1) is 13.2 Å². The summed E-state index contributed by atoms with van der Waals surface area (Å²) in [6.07, 6.45) is 0. The number of ether oxygens (including phenoxy) is 2. The normalized spacial score (nSPS) is 11.1. The van der Waals surface area contributed by atoms with Crippen molar-refractivity contribution in [1.82, 2.24) is 0 Å². The van der Waals surface area contributed by atoms with Crippen LogP contribution in [-0.2, 0) is 0 Å². The van der Waals surface area contributed by atoms with Gasteiger partial charge in [-0.05, 0) is 59.7 Å². The molecule has 0 N–H and O–H groups in total. The van der Waals surface area contributed by atoms with Crippen molar-refractivity contribution in [3.63, 3.8) is 0 Å². The second-order valence-corrected chi connectivity index (χ2v) is 6.75. The molecule has 0 fully saturated rings. The average Bonchev–Trinajstić information content (AvgIpc) is 2.68. The molecule has 0 saturated carbocycles. The summed E-state index contributed by atoms with van der Waals surface area (Å²) in [4.78, 5) is 0. The zero-order chi connectivity index (χ0) is 18.8. The molecule has 0 radical (unpaired) electrons. The highest BCUT2D eigenvalue weighted by molar-refractivity contribution is 6.34. The molecular weight excluding hydrogens is 356 g/mol. The van der Waals surface area contributed by atoms with Crippen LogP contribution < -0.4 is 9.47 Å². The molecule has 0 unspecified atom stereocenters. The van der Waals surface area contributed by atoms with E-state index in [1.807, 2.05) is 38.1 Å². The summed E-state index contributed by atoms with van der Waals surface area (Å²) in [5.41, 5.74) is 1.93. The summed E-state index contributed by atoms with van der Waals surface area (Å²) in [6, 6.07) is 22.7. The lowest BCUT2D eigenvalue weighted by atomic mass is 9.94. The zero-order valence-electron chi connectivity index (χ0n) is 15.5. The number of fused-ring (bicyclic) bond motifs is 2. The minimum Gasteiger partial charge on any atom is -0.490 e. The van der Waals surface area contributed by atoms with Crippen LogP contribution in [0.3, 0.4) is 0 Å². The Morgan fingerprint density at radius 1 is 0.741 bits per heavy atom. The van der Waals surface area contributed by atoms with Crippen molar-refractivity contribution >= 4 is 33.1 Å². The van der Waals surface area contributed by atoms with Crippen LogP contribution in [0.2, 0.25) is 5.02 Å². The first-order valence-electron chi connectivity index (χ1n) is 9.23. The van der Waals surface area contributed by atoms with Gasteiger partial charge in [-0.15, -0.1) is 0 Å². The van der Waals surface area contributed by atoms with Gasteiger partial charge in [0, 0.05) is 16.1 Å². The van der Waals surface area contributed by atoms with Gasteiger partial charge >= 0.3 is 0 Å². The Bertz CT molecular complexity index is 1120. The Morgan fingerprint density at radius 2 is 1.41 bits per heavy atom. The molecule has 4 rings (SSSR count). The third-order valence-corrected chi connectivity index (χ3v) is 4.99. The van der Waals surface area contributed by atoms with Gasteiger partial charge in [0.1, 0.15) is 0 Å². The Labute approximate surface area is 164 Å². The van der Waals surface area contributed by atoms with E-state index < -0.39 is 0 Å². The minimum absolute atomic E-state index is 0.552. The fourth-order valence-corrected chi connectivity index (χ4v) is 3.76. The third kappa shape index (κ3) is 3.22. The Kier molecular flexibility index (Phi) is 4.91. The van der Waals surface area contributed by atoms with E-state index in [2.05, 4.69) is 42.5 Å². The van der Waals surface area contributed by atoms with Gasteiger partial charge in [-0.3, -0.25) is 0 Å². The van der Waals surface area contributed by atoms with Crippen LogP contribution in [0.5, 0.6) is 11.5 Å². The molecule has 0 bridgehead atoms. The Balaban J connectivity index is 2.16. The van der Waals surface area contributed by atoms with Gasteiger partial charge in [0.2, 0.25) is 0 Å². The summed E-state index contributed by atoms with van der Waals surface area (Å²) in [5, 5.41) is 5.29. The average molecular weight is 377 g/mol. The minimum atomic E-state index is 0.552. The quantitative estimate of drug-likeness (QED) is 0.345. The topological polar surface area (TPSA) is 18.5 Å². The molecule has 0 amide bonds. The molecule has 27 heavy (non-hydrogen) atoms. The zero-order valence-corrected chi connectivity index (χ0v) is 16.2. The standard InChI is InChI=1S/C24H21ClO2/c1-3-26-22-15-18-13-16-9-5-6-10-17(16)14-20(18)23(24(22)27-4-2)19-11-7-8-12-21(19)25/h5-15H,3-4H2,1-2H3. The summed E-state index contributed by atoms with van der Waals surface area (Å²) in [5.74, 6) is 1.49. The summed E-state index contributed by atoms with van der Waals surface area (Å²) in [7, 11) is 0. The van der Waals surface area contributed by atoms with Crippen LogP contribution in [0.1, 0.15) is 13.8 Å². The van der Waals surface area contributed by atoms with E-state index in [1.54, 1.807) is 0 Å². The third-order valence-electron chi connectivity index (χ3n) is 4.66. The monoisotopic (exact) mass is 376 g/mol. The molecule has 0 spiro atoms.